The van der Waals surface area contributed by atoms with Crippen LogP contribution in [-0.4, -0.2) is 29.6 Å². The maximum atomic E-state index is 13.2. The Hall–Kier alpha value is -2.87. The van der Waals surface area contributed by atoms with Crippen LogP contribution in [0.4, 0.5) is 0 Å². The first kappa shape index (κ1) is 23.3. The van der Waals surface area contributed by atoms with Gasteiger partial charge in [0.05, 0.1) is 13.5 Å². The SMILES string of the molecule is C[N+]1(Cc2ccc(OC(=O)C(c3ccccc3)c3ccccc3)cc2)[C@@H]2CC#C[C@H]1CC2.[Br-]. The minimum atomic E-state index is -0.455. The topological polar surface area (TPSA) is 26.3 Å². The molecule has 0 spiro atoms. The molecule has 0 N–H and O–H groups in total. The molecule has 2 heterocycles. The summed E-state index contributed by atoms with van der Waals surface area (Å²) in [6.45, 7) is 0.967. The smallest absolute Gasteiger partial charge is 0.323 e. The average Bonchev–Trinajstić information content (AvgIpc) is 2.98. The van der Waals surface area contributed by atoms with Crippen LogP contribution in [0.25, 0.3) is 0 Å². The molecular formula is C29H28BrNO2. The fraction of sp³-hybridized carbons (Fsp3) is 0.276. The quantitative estimate of drug-likeness (QED) is 0.224. The molecule has 3 aromatic carbocycles. The number of quaternary nitrogens is 1. The van der Waals surface area contributed by atoms with Crippen molar-refractivity contribution in [3.63, 3.8) is 0 Å². The van der Waals surface area contributed by atoms with Crippen LogP contribution in [0.3, 0.4) is 0 Å². The summed E-state index contributed by atoms with van der Waals surface area (Å²) in [4.78, 5) is 13.2. The first-order chi connectivity index (χ1) is 15.6. The summed E-state index contributed by atoms with van der Waals surface area (Å²) in [7, 11) is 2.34. The van der Waals surface area contributed by atoms with E-state index in [2.05, 4.69) is 31.0 Å². The minimum Gasteiger partial charge on any atom is -1.00 e. The Morgan fingerprint density at radius 2 is 1.55 bits per heavy atom. The van der Waals surface area contributed by atoms with E-state index in [0.717, 1.165) is 28.6 Å². The number of ether oxygens (including phenoxy) is 1. The van der Waals surface area contributed by atoms with Crippen molar-refractivity contribution >= 4 is 5.97 Å². The van der Waals surface area contributed by atoms with E-state index >= 15 is 0 Å². The van der Waals surface area contributed by atoms with Crippen molar-refractivity contribution in [1.29, 1.82) is 0 Å². The summed E-state index contributed by atoms with van der Waals surface area (Å²) in [5.74, 6) is 6.65. The highest BCUT2D eigenvalue weighted by atomic mass is 79.9. The molecule has 0 aliphatic carbocycles. The number of hydrogen-bond acceptors (Lipinski definition) is 2. The number of halogens is 1. The maximum absolute atomic E-state index is 13.2. The fourth-order valence-corrected chi connectivity index (χ4v) is 5.25. The third kappa shape index (κ3) is 4.76. The van der Waals surface area contributed by atoms with Gasteiger partial charge >= 0.3 is 5.97 Å². The number of nitrogens with zero attached hydrogens (tertiary/aromatic N) is 1. The highest BCUT2D eigenvalue weighted by Gasteiger charge is 2.46. The van der Waals surface area contributed by atoms with E-state index in [9.17, 15) is 4.79 Å². The normalized spacial score (nSPS) is 22.7. The van der Waals surface area contributed by atoms with Crippen LogP contribution in [0.2, 0.25) is 0 Å². The van der Waals surface area contributed by atoms with Crippen LogP contribution in [0.5, 0.6) is 5.75 Å². The largest absolute Gasteiger partial charge is 1.00 e. The van der Waals surface area contributed by atoms with Crippen LogP contribution in [0, 0.1) is 11.8 Å². The molecule has 1 saturated heterocycles. The first-order valence-corrected chi connectivity index (χ1v) is 11.4. The highest BCUT2D eigenvalue weighted by Crippen LogP contribution is 2.37. The molecule has 2 bridgehead atoms. The Morgan fingerprint density at radius 1 is 0.939 bits per heavy atom. The van der Waals surface area contributed by atoms with E-state index in [1.165, 1.54) is 18.4 Å². The second kappa shape index (κ2) is 9.95. The lowest BCUT2D eigenvalue weighted by Gasteiger charge is -2.40. The summed E-state index contributed by atoms with van der Waals surface area (Å²) in [6.07, 6.45) is 3.45. The van der Waals surface area contributed by atoms with E-state index in [4.69, 9.17) is 4.74 Å². The van der Waals surface area contributed by atoms with Crippen LogP contribution >= 0.6 is 0 Å². The third-order valence-electron chi connectivity index (χ3n) is 7.09. The van der Waals surface area contributed by atoms with Crippen molar-refractivity contribution < 1.29 is 31.0 Å². The van der Waals surface area contributed by atoms with Crippen molar-refractivity contribution in [2.45, 2.75) is 43.8 Å². The Kier molecular flexibility index (Phi) is 7.02. The molecule has 2 aliphatic rings. The number of fused-ring (bicyclic) bond motifs is 2. The molecule has 0 saturated carbocycles. The standard InChI is InChI=1S/C29H28NO2.BrH/c1-30(25-13-8-14-26(30)18-17-25)21-22-15-19-27(20-16-22)32-29(31)28(23-9-4-2-5-10-23)24-11-6-3-7-12-24;/h2-7,9-12,15-16,19-20,25-26,28H,13,17-18,21H2,1H3;1H/q+1;/p-1/t25-,26+,30?;/m1./s1. The fourth-order valence-electron chi connectivity index (χ4n) is 5.25. The van der Waals surface area contributed by atoms with Crippen molar-refractivity contribution in [1.82, 2.24) is 0 Å². The highest BCUT2D eigenvalue weighted by molar-refractivity contribution is 5.84. The van der Waals surface area contributed by atoms with E-state index in [-0.39, 0.29) is 23.0 Å². The second-order valence-electron chi connectivity index (χ2n) is 9.10. The number of esters is 1. The van der Waals surface area contributed by atoms with Gasteiger partial charge in [-0.2, -0.15) is 0 Å². The monoisotopic (exact) mass is 501 g/mol. The zero-order valence-corrected chi connectivity index (χ0v) is 20.4. The lowest BCUT2D eigenvalue weighted by Crippen LogP contribution is -3.00. The number of carbonyl (C=O) groups is 1. The van der Waals surface area contributed by atoms with Gasteiger partial charge in [-0.15, -0.1) is 0 Å². The Labute approximate surface area is 206 Å². The summed E-state index contributed by atoms with van der Waals surface area (Å²) in [5, 5.41) is 0. The van der Waals surface area contributed by atoms with Crippen molar-refractivity contribution in [3.8, 4) is 17.6 Å². The minimum absolute atomic E-state index is 0. The molecule has 1 fully saturated rings. The van der Waals surface area contributed by atoms with Gasteiger partial charge in [-0.3, -0.25) is 4.79 Å². The summed E-state index contributed by atoms with van der Waals surface area (Å²) in [5.41, 5.74) is 3.12. The molecule has 33 heavy (non-hydrogen) atoms. The zero-order chi connectivity index (χ0) is 22.0. The molecule has 0 aromatic heterocycles. The Balaban J connectivity index is 0.00000259. The molecule has 1 unspecified atom stereocenters. The molecule has 0 amide bonds. The molecule has 3 aromatic rings. The number of benzene rings is 3. The molecule has 3 atom stereocenters. The summed E-state index contributed by atoms with van der Waals surface area (Å²) >= 11 is 0. The van der Waals surface area contributed by atoms with E-state index in [1.807, 2.05) is 72.8 Å². The zero-order valence-electron chi connectivity index (χ0n) is 18.8. The van der Waals surface area contributed by atoms with Gasteiger partial charge in [0.25, 0.3) is 0 Å². The predicted molar refractivity (Wildman–Crippen MR) is 126 cm³/mol. The van der Waals surface area contributed by atoms with Gasteiger partial charge in [-0.25, -0.2) is 0 Å². The van der Waals surface area contributed by atoms with Gasteiger partial charge in [0.2, 0.25) is 0 Å². The number of carbonyl (C=O) groups excluding carboxylic acids is 1. The van der Waals surface area contributed by atoms with Gasteiger partial charge in [-0.1, -0.05) is 66.6 Å². The summed E-state index contributed by atoms with van der Waals surface area (Å²) < 4.78 is 6.85. The van der Waals surface area contributed by atoms with E-state index in [1.54, 1.807) is 0 Å². The molecular weight excluding hydrogens is 474 g/mol. The van der Waals surface area contributed by atoms with Gasteiger partial charge in [-0.05, 0) is 41.3 Å². The number of rotatable bonds is 6. The Morgan fingerprint density at radius 3 is 2.12 bits per heavy atom. The van der Waals surface area contributed by atoms with Crippen LogP contribution in [0.15, 0.2) is 84.9 Å². The molecule has 4 heteroatoms. The van der Waals surface area contributed by atoms with E-state index in [0.29, 0.717) is 17.8 Å². The molecule has 3 nitrogen and oxygen atoms in total. The van der Waals surface area contributed by atoms with Gasteiger partial charge in [0.1, 0.15) is 24.3 Å². The molecule has 5 rings (SSSR count). The van der Waals surface area contributed by atoms with Crippen molar-refractivity contribution in [2.75, 3.05) is 7.05 Å². The summed E-state index contributed by atoms with van der Waals surface area (Å²) in [6, 6.07) is 28.7. The van der Waals surface area contributed by atoms with Gasteiger partial charge in [0.15, 0.2) is 6.04 Å². The molecule has 0 radical (unpaired) electrons. The first-order valence-electron chi connectivity index (χ1n) is 11.4. The van der Waals surface area contributed by atoms with Crippen molar-refractivity contribution in [2.24, 2.45) is 0 Å². The lowest BCUT2D eigenvalue weighted by atomic mass is 9.91. The Bertz CT molecular complexity index is 1110. The predicted octanol–water partition coefficient (Wildman–Crippen LogP) is 2.31. The molecule has 2 aliphatic heterocycles. The van der Waals surface area contributed by atoms with Crippen molar-refractivity contribution in [3.05, 3.63) is 102 Å². The van der Waals surface area contributed by atoms with Gasteiger partial charge < -0.3 is 26.2 Å². The average molecular weight is 502 g/mol. The molecule has 168 valence electrons. The maximum Gasteiger partial charge on any atom is 0.323 e. The number of hydrogen-bond donors (Lipinski definition) is 0. The third-order valence-corrected chi connectivity index (χ3v) is 7.09. The van der Waals surface area contributed by atoms with Crippen LogP contribution in [-0.2, 0) is 11.3 Å². The van der Waals surface area contributed by atoms with Gasteiger partial charge in [0, 0.05) is 18.4 Å². The van der Waals surface area contributed by atoms with Crippen LogP contribution < -0.4 is 21.7 Å². The second-order valence-corrected chi connectivity index (χ2v) is 9.10. The lowest BCUT2D eigenvalue weighted by molar-refractivity contribution is -0.949. The van der Waals surface area contributed by atoms with E-state index < -0.39 is 5.92 Å². The van der Waals surface area contributed by atoms with Crippen LogP contribution in [0.1, 0.15) is 41.9 Å².